The van der Waals surface area contributed by atoms with Gasteiger partial charge in [0.2, 0.25) is 11.8 Å². The lowest BCUT2D eigenvalue weighted by atomic mass is 9.92. The van der Waals surface area contributed by atoms with E-state index in [0.717, 1.165) is 56.6 Å². The van der Waals surface area contributed by atoms with Crippen molar-refractivity contribution < 1.29 is 9.59 Å². The van der Waals surface area contributed by atoms with Gasteiger partial charge >= 0.3 is 0 Å². The molecule has 7 heteroatoms. The van der Waals surface area contributed by atoms with Gasteiger partial charge in [-0.25, -0.2) is 4.98 Å². The Balaban J connectivity index is 1.41. The molecule has 1 N–H and O–H groups in total. The van der Waals surface area contributed by atoms with Gasteiger partial charge < -0.3 is 14.8 Å². The summed E-state index contributed by atoms with van der Waals surface area (Å²) >= 11 is 0. The van der Waals surface area contributed by atoms with Gasteiger partial charge in [-0.1, -0.05) is 26.0 Å². The van der Waals surface area contributed by atoms with E-state index in [2.05, 4.69) is 17.1 Å². The van der Waals surface area contributed by atoms with Gasteiger partial charge in [-0.05, 0) is 44.4 Å². The number of likely N-dealkylation sites (tertiary alicyclic amines) is 2. The van der Waals surface area contributed by atoms with Crippen molar-refractivity contribution in [1.29, 1.82) is 0 Å². The van der Waals surface area contributed by atoms with Crippen LogP contribution >= 0.6 is 0 Å². The van der Waals surface area contributed by atoms with Crippen molar-refractivity contribution in [3.05, 3.63) is 40.1 Å². The second-order valence-corrected chi connectivity index (χ2v) is 9.96. The number of aromatic amines is 1. The minimum absolute atomic E-state index is 0.00876. The summed E-state index contributed by atoms with van der Waals surface area (Å²) in [5.74, 6) is 1.81. The van der Waals surface area contributed by atoms with Gasteiger partial charge in [-0.2, -0.15) is 0 Å². The van der Waals surface area contributed by atoms with Gasteiger partial charge in [0.05, 0.1) is 5.69 Å². The molecule has 2 atom stereocenters. The quantitative estimate of drug-likeness (QED) is 0.713. The van der Waals surface area contributed by atoms with E-state index in [0.29, 0.717) is 32.0 Å². The maximum absolute atomic E-state index is 12.8. The van der Waals surface area contributed by atoms with Crippen molar-refractivity contribution in [2.45, 2.75) is 70.6 Å². The topological polar surface area (TPSA) is 86.4 Å². The molecule has 0 aromatic carbocycles. The minimum Gasteiger partial charge on any atom is -0.342 e. The maximum atomic E-state index is 12.8. The fourth-order valence-electron chi connectivity index (χ4n) is 5.30. The SMILES string of the molecule is CC(C)C(=O)N1CCC(c2nc([C@H]3CCCN(C(=O)C[C@@H]4C=CCC4)C3)cc(=O)[nH]2)CC1. The number of H-pyrrole nitrogens is 1. The van der Waals surface area contributed by atoms with Crippen LogP contribution in [0.5, 0.6) is 0 Å². The lowest BCUT2D eigenvalue weighted by Gasteiger charge is -2.34. The van der Waals surface area contributed by atoms with Crippen molar-refractivity contribution in [3.63, 3.8) is 0 Å². The van der Waals surface area contributed by atoms with E-state index in [1.807, 2.05) is 23.6 Å². The first kappa shape index (κ1) is 22.7. The van der Waals surface area contributed by atoms with Crippen LogP contribution < -0.4 is 5.56 Å². The van der Waals surface area contributed by atoms with Crippen molar-refractivity contribution in [1.82, 2.24) is 19.8 Å². The summed E-state index contributed by atoms with van der Waals surface area (Å²) in [6.07, 6.45) is 10.6. The molecule has 2 aliphatic heterocycles. The van der Waals surface area contributed by atoms with Crippen LogP contribution in [-0.4, -0.2) is 57.8 Å². The highest BCUT2D eigenvalue weighted by atomic mass is 16.2. The average Bonchev–Trinajstić information content (AvgIpc) is 3.31. The van der Waals surface area contributed by atoms with Crippen molar-refractivity contribution in [3.8, 4) is 0 Å². The summed E-state index contributed by atoms with van der Waals surface area (Å²) in [5, 5.41) is 0. The summed E-state index contributed by atoms with van der Waals surface area (Å²) in [5.41, 5.74) is 0.688. The largest absolute Gasteiger partial charge is 0.342 e. The highest BCUT2D eigenvalue weighted by Gasteiger charge is 2.30. The molecule has 4 rings (SSSR count). The van der Waals surface area contributed by atoms with Gasteiger partial charge in [-0.15, -0.1) is 0 Å². The number of hydrogen-bond acceptors (Lipinski definition) is 4. The van der Waals surface area contributed by atoms with E-state index in [1.165, 1.54) is 0 Å². The van der Waals surface area contributed by atoms with E-state index in [-0.39, 0.29) is 35.1 Å². The molecule has 2 amide bonds. The lowest BCUT2D eigenvalue weighted by Crippen LogP contribution is -2.41. The van der Waals surface area contributed by atoms with Crippen LogP contribution in [0.1, 0.15) is 82.1 Å². The Kier molecular flexibility index (Phi) is 7.11. The van der Waals surface area contributed by atoms with Crippen LogP contribution in [0.4, 0.5) is 0 Å². The van der Waals surface area contributed by atoms with Crippen LogP contribution in [0.3, 0.4) is 0 Å². The van der Waals surface area contributed by atoms with Crippen LogP contribution in [0, 0.1) is 11.8 Å². The molecular weight excluding hydrogens is 404 g/mol. The van der Waals surface area contributed by atoms with E-state index < -0.39 is 0 Å². The molecule has 0 radical (unpaired) electrons. The van der Waals surface area contributed by atoms with E-state index >= 15 is 0 Å². The number of nitrogens with one attached hydrogen (secondary N) is 1. The Morgan fingerprint density at radius 2 is 1.88 bits per heavy atom. The molecule has 3 heterocycles. The average molecular weight is 441 g/mol. The predicted molar refractivity (Wildman–Crippen MR) is 123 cm³/mol. The lowest BCUT2D eigenvalue weighted by molar-refractivity contribution is -0.135. The Hall–Kier alpha value is -2.44. The first-order valence-corrected chi connectivity index (χ1v) is 12.2. The molecule has 3 aliphatic rings. The number of amides is 2. The zero-order chi connectivity index (χ0) is 22.7. The summed E-state index contributed by atoms with van der Waals surface area (Å²) < 4.78 is 0. The number of rotatable bonds is 5. The third-order valence-corrected chi connectivity index (χ3v) is 7.21. The number of carbonyl (C=O) groups is 2. The minimum atomic E-state index is -0.120. The molecule has 0 saturated carbocycles. The second-order valence-electron chi connectivity index (χ2n) is 9.96. The molecule has 0 spiro atoms. The third-order valence-electron chi connectivity index (χ3n) is 7.21. The monoisotopic (exact) mass is 440 g/mol. The Morgan fingerprint density at radius 3 is 2.56 bits per heavy atom. The molecule has 2 fully saturated rings. The van der Waals surface area contributed by atoms with Gasteiger partial charge in [0.25, 0.3) is 5.56 Å². The maximum Gasteiger partial charge on any atom is 0.251 e. The second kappa shape index (κ2) is 10.0. The fraction of sp³-hybridized carbons (Fsp3) is 0.680. The predicted octanol–water partition coefficient (Wildman–Crippen LogP) is 3.19. The van der Waals surface area contributed by atoms with E-state index in [9.17, 15) is 14.4 Å². The fourth-order valence-corrected chi connectivity index (χ4v) is 5.30. The summed E-state index contributed by atoms with van der Waals surface area (Å²) in [6, 6.07) is 1.61. The van der Waals surface area contributed by atoms with Gasteiger partial charge in [0.15, 0.2) is 0 Å². The zero-order valence-electron chi connectivity index (χ0n) is 19.4. The molecule has 0 unspecified atom stereocenters. The van der Waals surface area contributed by atoms with Crippen LogP contribution in [0.2, 0.25) is 0 Å². The van der Waals surface area contributed by atoms with Crippen molar-refractivity contribution in [2.75, 3.05) is 26.2 Å². The standard InChI is InChI=1S/C25H36N4O3/c1-17(2)25(32)28-12-9-19(10-13-28)24-26-21(15-22(30)27-24)20-8-5-11-29(16-20)23(31)14-18-6-3-4-7-18/h3,6,15,17-20H,4-5,7-14,16H2,1-2H3,(H,26,27,30)/t18-,20+/m1/s1. The molecule has 2 saturated heterocycles. The zero-order valence-corrected chi connectivity index (χ0v) is 19.4. The molecule has 0 bridgehead atoms. The Bertz CT molecular complexity index is 914. The molecule has 1 aromatic rings. The highest BCUT2D eigenvalue weighted by Crippen LogP contribution is 2.30. The summed E-state index contributed by atoms with van der Waals surface area (Å²) in [6.45, 7) is 6.71. The third kappa shape index (κ3) is 5.30. The number of nitrogens with zero attached hydrogens (tertiary/aromatic N) is 3. The van der Waals surface area contributed by atoms with Gasteiger partial charge in [0, 0.05) is 56.4 Å². The van der Waals surface area contributed by atoms with Crippen LogP contribution in [0.25, 0.3) is 0 Å². The molecular formula is C25H36N4O3. The first-order valence-electron chi connectivity index (χ1n) is 12.2. The van der Waals surface area contributed by atoms with Gasteiger partial charge in [-0.3, -0.25) is 14.4 Å². The normalized spacial score (nSPS) is 24.3. The number of aromatic nitrogens is 2. The Morgan fingerprint density at radius 1 is 1.09 bits per heavy atom. The van der Waals surface area contributed by atoms with E-state index in [4.69, 9.17) is 4.98 Å². The molecule has 174 valence electrons. The first-order chi connectivity index (χ1) is 15.4. The summed E-state index contributed by atoms with van der Waals surface area (Å²) in [7, 11) is 0. The smallest absolute Gasteiger partial charge is 0.251 e. The number of carbonyl (C=O) groups excluding carboxylic acids is 2. The number of hydrogen-bond donors (Lipinski definition) is 1. The Labute approximate surface area is 190 Å². The molecule has 1 aromatic heterocycles. The van der Waals surface area contributed by atoms with Gasteiger partial charge in [0.1, 0.15) is 5.82 Å². The van der Waals surface area contributed by atoms with Crippen molar-refractivity contribution >= 4 is 11.8 Å². The highest BCUT2D eigenvalue weighted by molar-refractivity contribution is 5.78. The van der Waals surface area contributed by atoms with Crippen molar-refractivity contribution in [2.24, 2.45) is 11.8 Å². The van der Waals surface area contributed by atoms with E-state index in [1.54, 1.807) is 6.07 Å². The molecule has 32 heavy (non-hydrogen) atoms. The molecule has 7 nitrogen and oxygen atoms in total. The number of allylic oxidation sites excluding steroid dienone is 2. The molecule has 1 aliphatic carbocycles. The summed E-state index contributed by atoms with van der Waals surface area (Å²) in [4.78, 5) is 49.3. The number of piperidine rings is 2. The van der Waals surface area contributed by atoms with Crippen LogP contribution in [0.15, 0.2) is 23.0 Å². The van der Waals surface area contributed by atoms with Crippen LogP contribution in [-0.2, 0) is 9.59 Å².